The van der Waals surface area contributed by atoms with Gasteiger partial charge in [0.1, 0.15) is 0 Å². The van der Waals surface area contributed by atoms with E-state index in [4.69, 9.17) is 0 Å². The smallest absolute Gasteiger partial charge is 0.0726 e. The van der Waals surface area contributed by atoms with E-state index >= 15 is 0 Å². The summed E-state index contributed by atoms with van der Waals surface area (Å²) >= 11 is 1.86. The zero-order chi connectivity index (χ0) is 37.5. The molecule has 10 aromatic rings. The van der Waals surface area contributed by atoms with Gasteiger partial charge in [-0.05, 0) is 110 Å². The highest BCUT2D eigenvalue weighted by atomic mass is 32.1. The van der Waals surface area contributed by atoms with Gasteiger partial charge in [0.05, 0.1) is 11.1 Å². The Labute approximate surface area is 336 Å². The van der Waals surface area contributed by atoms with Crippen molar-refractivity contribution in [1.29, 1.82) is 0 Å². The number of fused-ring (bicyclic) bond motifs is 13. The lowest BCUT2D eigenvalue weighted by Gasteiger charge is -2.32. The first-order valence-corrected chi connectivity index (χ1v) is 20.5. The Bertz CT molecular complexity index is 3130. The van der Waals surface area contributed by atoms with Gasteiger partial charge >= 0.3 is 0 Å². The lowest BCUT2D eigenvalue weighted by atomic mass is 9.70. The highest BCUT2D eigenvalue weighted by molar-refractivity contribution is 7.25. The Kier molecular flexibility index (Phi) is 7.08. The Morgan fingerprint density at radius 1 is 0.333 bits per heavy atom. The highest BCUT2D eigenvalue weighted by Gasteiger charge is 2.52. The van der Waals surface area contributed by atoms with E-state index in [0.717, 1.165) is 11.4 Å². The van der Waals surface area contributed by atoms with Crippen molar-refractivity contribution in [3.63, 3.8) is 0 Å². The zero-order valence-corrected chi connectivity index (χ0v) is 31.9. The van der Waals surface area contributed by atoms with Gasteiger partial charge in [-0.15, -0.1) is 11.3 Å². The van der Waals surface area contributed by atoms with Crippen molar-refractivity contribution < 1.29 is 0 Å². The van der Waals surface area contributed by atoms with E-state index in [1.165, 1.54) is 92.6 Å². The second kappa shape index (κ2) is 12.5. The molecule has 57 heavy (non-hydrogen) atoms. The predicted molar refractivity (Wildman–Crippen MR) is 241 cm³/mol. The van der Waals surface area contributed by atoms with Crippen molar-refractivity contribution in [2.24, 2.45) is 0 Å². The van der Waals surface area contributed by atoms with Crippen molar-refractivity contribution in [2.75, 3.05) is 4.90 Å². The zero-order valence-electron chi connectivity index (χ0n) is 31.1. The molecule has 0 atom stereocenters. The molecule has 0 fully saturated rings. The first-order valence-electron chi connectivity index (χ1n) is 19.7. The number of benzene rings is 9. The van der Waals surface area contributed by atoms with Crippen LogP contribution in [0.4, 0.5) is 17.1 Å². The predicted octanol–water partition coefficient (Wildman–Crippen LogP) is 15.2. The minimum absolute atomic E-state index is 0.410. The summed E-state index contributed by atoms with van der Waals surface area (Å²) in [4.78, 5) is 2.47. The number of hydrogen-bond donors (Lipinski definition) is 0. The van der Waals surface area contributed by atoms with Gasteiger partial charge in [0.15, 0.2) is 0 Å². The van der Waals surface area contributed by atoms with Crippen molar-refractivity contribution in [3.05, 3.63) is 235 Å². The number of thiophene rings is 1. The second-order valence-electron chi connectivity index (χ2n) is 15.2. The molecule has 9 aromatic carbocycles. The molecular formula is C55H35NS. The number of hydrogen-bond acceptors (Lipinski definition) is 2. The van der Waals surface area contributed by atoms with Crippen LogP contribution < -0.4 is 4.90 Å². The van der Waals surface area contributed by atoms with E-state index < -0.39 is 5.41 Å². The Morgan fingerprint density at radius 3 is 1.51 bits per heavy atom. The standard InChI is InChI=1S/C55H35NS/c1-2-13-36(14-3-1)37-25-30-40(31-26-37)56(41-32-27-38(28-33-41)39-29-34-53-46(35-39)44-17-7-11-24-52(44)57-53)51-23-12-22-50-54(51)45-18-6-10-21-49(45)55(50)47-19-8-4-15-42(47)43-16-5-9-20-48(43)55/h1-35H. The van der Waals surface area contributed by atoms with Gasteiger partial charge in [0, 0.05) is 37.1 Å². The Morgan fingerprint density at radius 2 is 0.825 bits per heavy atom. The molecule has 1 heterocycles. The van der Waals surface area contributed by atoms with Gasteiger partial charge in [-0.1, -0.05) is 164 Å². The molecule has 0 saturated heterocycles. The molecule has 0 unspecified atom stereocenters. The average molecular weight is 742 g/mol. The summed E-state index contributed by atoms with van der Waals surface area (Å²) in [6.45, 7) is 0. The van der Waals surface area contributed by atoms with Crippen LogP contribution in [0, 0.1) is 0 Å². The van der Waals surface area contributed by atoms with E-state index in [-0.39, 0.29) is 0 Å². The minimum Gasteiger partial charge on any atom is -0.310 e. The monoisotopic (exact) mass is 741 g/mol. The van der Waals surface area contributed by atoms with E-state index in [1.807, 2.05) is 11.3 Å². The summed E-state index contributed by atoms with van der Waals surface area (Å²) in [5.41, 5.74) is 18.4. The second-order valence-corrected chi connectivity index (χ2v) is 16.3. The first-order chi connectivity index (χ1) is 28.3. The number of rotatable bonds is 5. The maximum atomic E-state index is 2.47. The van der Waals surface area contributed by atoms with E-state index in [2.05, 4.69) is 217 Å². The SMILES string of the molecule is c1ccc(-c2ccc(N(c3ccc(-c4ccc5sc6ccccc6c5c4)cc3)c3cccc4c3-c3ccccc3C43c4ccccc4-c4ccccc43)cc2)cc1. The van der Waals surface area contributed by atoms with Gasteiger partial charge in [-0.3, -0.25) is 0 Å². The van der Waals surface area contributed by atoms with Crippen LogP contribution in [0.1, 0.15) is 22.3 Å². The van der Waals surface area contributed by atoms with Crippen molar-refractivity contribution in [2.45, 2.75) is 5.41 Å². The van der Waals surface area contributed by atoms with E-state index in [0.29, 0.717) is 0 Å². The van der Waals surface area contributed by atoms with Crippen LogP contribution in [-0.2, 0) is 5.41 Å². The molecule has 1 spiro atoms. The van der Waals surface area contributed by atoms with Crippen LogP contribution in [0.25, 0.3) is 64.7 Å². The van der Waals surface area contributed by atoms with Gasteiger partial charge in [-0.2, -0.15) is 0 Å². The van der Waals surface area contributed by atoms with E-state index in [9.17, 15) is 0 Å². The maximum absolute atomic E-state index is 2.47. The van der Waals surface area contributed by atoms with Crippen LogP contribution in [0.3, 0.4) is 0 Å². The van der Waals surface area contributed by atoms with Gasteiger partial charge in [-0.25, -0.2) is 0 Å². The largest absolute Gasteiger partial charge is 0.310 e. The molecule has 1 aromatic heterocycles. The van der Waals surface area contributed by atoms with Crippen molar-refractivity contribution >= 4 is 48.6 Å². The molecular weight excluding hydrogens is 707 g/mol. The quantitative estimate of drug-likeness (QED) is 0.170. The van der Waals surface area contributed by atoms with Crippen LogP contribution in [-0.4, -0.2) is 0 Å². The van der Waals surface area contributed by atoms with Crippen molar-refractivity contribution in [3.8, 4) is 44.5 Å². The molecule has 2 aliphatic rings. The molecule has 0 N–H and O–H groups in total. The van der Waals surface area contributed by atoms with Gasteiger partial charge in [0.2, 0.25) is 0 Å². The summed E-state index contributed by atoms with van der Waals surface area (Å²) < 4.78 is 2.66. The lowest BCUT2D eigenvalue weighted by Crippen LogP contribution is -2.26. The molecule has 12 rings (SSSR count). The Hall–Kier alpha value is -7.00. The third-order valence-corrected chi connectivity index (χ3v) is 13.5. The molecule has 266 valence electrons. The normalized spacial score (nSPS) is 13.1. The summed E-state index contributed by atoms with van der Waals surface area (Å²) in [5, 5.41) is 2.64. The minimum atomic E-state index is -0.410. The fourth-order valence-corrected chi connectivity index (χ4v) is 11.0. The average Bonchev–Trinajstić information content (AvgIpc) is 3.91. The third kappa shape index (κ3) is 4.68. The summed E-state index contributed by atoms with van der Waals surface area (Å²) in [6.07, 6.45) is 0. The molecule has 0 aliphatic heterocycles. The van der Waals surface area contributed by atoms with Crippen LogP contribution in [0.15, 0.2) is 212 Å². The highest BCUT2D eigenvalue weighted by Crippen LogP contribution is 2.64. The summed E-state index contributed by atoms with van der Waals surface area (Å²) in [5.74, 6) is 0. The molecule has 1 nitrogen and oxygen atoms in total. The van der Waals surface area contributed by atoms with Gasteiger partial charge in [0.25, 0.3) is 0 Å². The van der Waals surface area contributed by atoms with Gasteiger partial charge < -0.3 is 4.90 Å². The van der Waals surface area contributed by atoms with Crippen LogP contribution >= 0.6 is 11.3 Å². The fourth-order valence-electron chi connectivity index (χ4n) is 9.88. The number of nitrogens with zero attached hydrogens (tertiary/aromatic N) is 1. The molecule has 0 saturated carbocycles. The first kappa shape index (κ1) is 32.3. The Balaban J connectivity index is 1.06. The third-order valence-electron chi connectivity index (χ3n) is 12.3. The van der Waals surface area contributed by atoms with Crippen molar-refractivity contribution in [1.82, 2.24) is 0 Å². The summed E-state index contributed by atoms with van der Waals surface area (Å²) in [7, 11) is 0. The topological polar surface area (TPSA) is 3.24 Å². The molecule has 0 amide bonds. The van der Waals surface area contributed by atoms with Crippen LogP contribution in [0.2, 0.25) is 0 Å². The molecule has 0 bridgehead atoms. The summed E-state index contributed by atoms with van der Waals surface area (Å²) in [6, 6.07) is 78.7. The van der Waals surface area contributed by atoms with Crippen LogP contribution in [0.5, 0.6) is 0 Å². The van der Waals surface area contributed by atoms with E-state index in [1.54, 1.807) is 0 Å². The fraction of sp³-hybridized carbons (Fsp3) is 0.0182. The molecule has 2 aliphatic carbocycles. The number of anilines is 3. The lowest BCUT2D eigenvalue weighted by molar-refractivity contribution is 0.794. The maximum Gasteiger partial charge on any atom is 0.0726 e. The molecule has 0 radical (unpaired) electrons. The molecule has 2 heteroatoms.